The fourth-order valence-electron chi connectivity index (χ4n) is 2.39. The van der Waals surface area contributed by atoms with Crippen LogP contribution in [0.4, 0.5) is 8.78 Å². The molecule has 0 N–H and O–H groups in total. The lowest BCUT2D eigenvalue weighted by atomic mass is 10.2. The molecule has 0 saturated carbocycles. The first kappa shape index (κ1) is 16.2. The zero-order valence-electron chi connectivity index (χ0n) is 13.2. The van der Waals surface area contributed by atoms with Crippen molar-refractivity contribution in [3.05, 3.63) is 59.7 Å². The molecule has 1 heterocycles. The van der Waals surface area contributed by atoms with Crippen molar-refractivity contribution >= 4 is 5.90 Å². The first-order valence-corrected chi connectivity index (χ1v) is 7.59. The van der Waals surface area contributed by atoms with Crippen LogP contribution in [-0.4, -0.2) is 32.3 Å². The van der Waals surface area contributed by atoms with Gasteiger partial charge >= 0.3 is 0 Å². The summed E-state index contributed by atoms with van der Waals surface area (Å²) in [6.07, 6.45) is 0.589. The Bertz CT molecular complexity index is 711. The van der Waals surface area contributed by atoms with Crippen molar-refractivity contribution in [3.8, 4) is 11.5 Å². The third kappa shape index (κ3) is 3.64. The standard InChI is InChI=1S/C18H17F2NO3/c1-22-13-5-7-14(8-6-13)23-10-9-12-11-24-18(21-12)17-15(19)3-2-4-16(17)20/h2-8,12H,9-11H2,1H3. The van der Waals surface area contributed by atoms with Gasteiger partial charge in [-0.3, -0.25) is 0 Å². The highest BCUT2D eigenvalue weighted by molar-refractivity contribution is 5.95. The summed E-state index contributed by atoms with van der Waals surface area (Å²) in [6, 6.07) is 10.7. The molecule has 1 aliphatic rings. The Kier molecular flexibility index (Phi) is 4.93. The van der Waals surface area contributed by atoms with Gasteiger partial charge in [-0.05, 0) is 36.4 Å². The third-order valence-electron chi connectivity index (χ3n) is 3.67. The number of benzene rings is 2. The maximum absolute atomic E-state index is 13.7. The molecule has 0 radical (unpaired) electrons. The highest BCUT2D eigenvalue weighted by Gasteiger charge is 2.24. The molecule has 0 saturated heterocycles. The molecular weight excluding hydrogens is 316 g/mol. The molecule has 3 rings (SSSR count). The molecule has 0 amide bonds. The molecule has 1 aliphatic heterocycles. The zero-order valence-corrected chi connectivity index (χ0v) is 13.2. The summed E-state index contributed by atoms with van der Waals surface area (Å²) < 4.78 is 43.5. The van der Waals surface area contributed by atoms with Gasteiger partial charge in [0, 0.05) is 6.42 Å². The topological polar surface area (TPSA) is 40.0 Å². The molecule has 2 aromatic carbocycles. The van der Waals surface area contributed by atoms with E-state index in [9.17, 15) is 8.78 Å². The van der Waals surface area contributed by atoms with E-state index < -0.39 is 11.6 Å². The predicted molar refractivity (Wildman–Crippen MR) is 85.7 cm³/mol. The third-order valence-corrected chi connectivity index (χ3v) is 3.67. The molecule has 2 aromatic rings. The largest absolute Gasteiger partial charge is 0.497 e. The number of hydrogen-bond donors (Lipinski definition) is 0. The summed E-state index contributed by atoms with van der Waals surface area (Å²) in [5, 5.41) is 0. The van der Waals surface area contributed by atoms with Crippen LogP contribution >= 0.6 is 0 Å². The smallest absolute Gasteiger partial charge is 0.222 e. The molecule has 4 nitrogen and oxygen atoms in total. The average Bonchev–Trinajstić information content (AvgIpc) is 3.04. The highest BCUT2D eigenvalue weighted by atomic mass is 19.1. The van der Waals surface area contributed by atoms with Crippen molar-refractivity contribution in [2.24, 2.45) is 4.99 Å². The van der Waals surface area contributed by atoms with Crippen molar-refractivity contribution in [3.63, 3.8) is 0 Å². The Balaban J connectivity index is 1.56. The molecule has 126 valence electrons. The summed E-state index contributed by atoms with van der Waals surface area (Å²) in [5.74, 6) is 0.138. The molecule has 0 aromatic heterocycles. The lowest BCUT2D eigenvalue weighted by Crippen LogP contribution is -2.11. The Labute approximate surface area is 138 Å². The molecular formula is C18H17F2NO3. The van der Waals surface area contributed by atoms with Crippen LogP contribution in [0.3, 0.4) is 0 Å². The number of halogens is 2. The number of aliphatic imine (C=N–C) groups is 1. The van der Waals surface area contributed by atoms with Crippen LogP contribution in [0.5, 0.6) is 11.5 Å². The monoisotopic (exact) mass is 333 g/mol. The number of methoxy groups -OCH3 is 1. The maximum Gasteiger partial charge on any atom is 0.222 e. The van der Waals surface area contributed by atoms with E-state index in [4.69, 9.17) is 14.2 Å². The second-order valence-electron chi connectivity index (χ2n) is 5.31. The first-order chi connectivity index (χ1) is 11.7. The van der Waals surface area contributed by atoms with E-state index in [1.807, 2.05) is 24.3 Å². The van der Waals surface area contributed by atoms with E-state index in [0.717, 1.165) is 11.5 Å². The molecule has 0 spiro atoms. The summed E-state index contributed by atoms with van der Waals surface area (Å²) in [7, 11) is 1.60. The molecule has 6 heteroatoms. The van der Waals surface area contributed by atoms with Gasteiger partial charge in [0.25, 0.3) is 0 Å². The molecule has 0 fully saturated rings. The van der Waals surface area contributed by atoms with Crippen LogP contribution in [0.2, 0.25) is 0 Å². The summed E-state index contributed by atoms with van der Waals surface area (Å²) in [6.45, 7) is 0.714. The summed E-state index contributed by atoms with van der Waals surface area (Å²) in [5.41, 5.74) is -0.212. The fourth-order valence-corrected chi connectivity index (χ4v) is 2.39. The minimum Gasteiger partial charge on any atom is -0.497 e. The van der Waals surface area contributed by atoms with E-state index in [1.165, 1.54) is 18.2 Å². The van der Waals surface area contributed by atoms with Crippen LogP contribution in [0, 0.1) is 11.6 Å². The van der Waals surface area contributed by atoms with E-state index in [2.05, 4.69) is 4.99 Å². The van der Waals surface area contributed by atoms with Crippen molar-refractivity contribution in [2.75, 3.05) is 20.3 Å². The second kappa shape index (κ2) is 7.29. The Morgan fingerprint density at radius 2 is 1.75 bits per heavy atom. The van der Waals surface area contributed by atoms with Gasteiger partial charge in [0.15, 0.2) is 0 Å². The van der Waals surface area contributed by atoms with E-state index >= 15 is 0 Å². The van der Waals surface area contributed by atoms with Crippen LogP contribution < -0.4 is 9.47 Å². The van der Waals surface area contributed by atoms with Gasteiger partial charge in [0.2, 0.25) is 5.90 Å². The Hall–Kier alpha value is -2.63. The SMILES string of the molecule is COc1ccc(OCCC2COC(c3c(F)cccc3F)=N2)cc1. The number of nitrogens with zero attached hydrogens (tertiary/aromatic N) is 1. The minimum atomic E-state index is -0.677. The van der Waals surface area contributed by atoms with Crippen molar-refractivity contribution < 1.29 is 23.0 Å². The minimum absolute atomic E-state index is 0.0139. The molecule has 1 atom stereocenters. The molecule has 0 bridgehead atoms. The van der Waals surface area contributed by atoms with Gasteiger partial charge in [-0.25, -0.2) is 13.8 Å². The Morgan fingerprint density at radius 3 is 2.42 bits per heavy atom. The van der Waals surface area contributed by atoms with Gasteiger partial charge < -0.3 is 14.2 Å². The molecule has 1 unspecified atom stereocenters. The van der Waals surface area contributed by atoms with Gasteiger partial charge in [-0.2, -0.15) is 0 Å². The quantitative estimate of drug-likeness (QED) is 0.811. The number of ether oxygens (including phenoxy) is 3. The highest BCUT2D eigenvalue weighted by Crippen LogP contribution is 2.21. The van der Waals surface area contributed by atoms with Crippen LogP contribution in [0.25, 0.3) is 0 Å². The molecule has 24 heavy (non-hydrogen) atoms. The average molecular weight is 333 g/mol. The van der Waals surface area contributed by atoms with E-state index in [1.54, 1.807) is 7.11 Å². The van der Waals surface area contributed by atoms with Crippen molar-refractivity contribution in [1.82, 2.24) is 0 Å². The number of rotatable bonds is 6. The van der Waals surface area contributed by atoms with Crippen LogP contribution in [0.1, 0.15) is 12.0 Å². The van der Waals surface area contributed by atoms with E-state index in [0.29, 0.717) is 13.0 Å². The second-order valence-corrected chi connectivity index (χ2v) is 5.31. The first-order valence-electron chi connectivity index (χ1n) is 7.59. The zero-order chi connectivity index (χ0) is 16.9. The predicted octanol–water partition coefficient (Wildman–Crippen LogP) is 3.59. The Morgan fingerprint density at radius 1 is 1.08 bits per heavy atom. The summed E-state index contributed by atoms with van der Waals surface area (Å²) >= 11 is 0. The van der Waals surface area contributed by atoms with Gasteiger partial charge in [-0.1, -0.05) is 6.07 Å². The number of hydrogen-bond acceptors (Lipinski definition) is 4. The fraction of sp³-hybridized carbons (Fsp3) is 0.278. The van der Waals surface area contributed by atoms with E-state index in [-0.39, 0.29) is 24.1 Å². The van der Waals surface area contributed by atoms with Crippen molar-refractivity contribution in [1.29, 1.82) is 0 Å². The van der Waals surface area contributed by atoms with Gasteiger partial charge in [0.05, 0.1) is 19.8 Å². The normalized spacial score (nSPS) is 16.5. The van der Waals surface area contributed by atoms with Crippen LogP contribution in [0.15, 0.2) is 47.5 Å². The lowest BCUT2D eigenvalue weighted by molar-refractivity contribution is 0.264. The van der Waals surface area contributed by atoms with Gasteiger partial charge in [-0.15, -0.1) is 0 Å². The molecule has 0 aliphatic carbocycles. The van der Waals surface area contributed by atoms with Crippen LogP contribution in [-0.2, 0) is 4.74 Å². The summed E-state index contributed by atoms with van der Waals surface area (Å²) in [4.78, 5) is 4.25. The lowest BCUT2D eigenvalue weighted by Gasteiger charge is -2.08. The van der Waals surface area contributed by atoms with Crippen molar-refractivity contribution in [2.45, 2.75) is 12.5 Å². The maximum atomic E-state index is 13.7. The van der Waals surface area contributed by atoms with Gasteiger partial charge in [0.1, 0.15) is 35.3 Å².